The van der Waals surface area contributed by atoms with Gasteiger partial charge in [0.25, 0.3) is 0 Å². The third kappa shape index (κ3) is 5.89. The summed E-state index contributed by atoms with van der Waals surface area (Å²) >= 11 is 6.03. The van der Waals surface area contributed by atoms with Crippen LogP contribution in [0.15, 0.2) is 41.1 Å². The van der Waals surface area contributed by atoms with Crippen LogP contribution in [0, 0.1) is 5.41 Å². The number of aryl methyl sites for hydroxylation is 1. The second-order valence-corrected chi connectivity index (χ2v) is 8.41. The number of rotatable bonds is 10. The molecular weight excluding hydrogens is 390 g/mol. The second-order valence-electron chi connectivity index (χ2n) is 8.15. The molecule has 2 rings (SSSR count). The number of aromatic nitrogens is 1. The average molecular weight is 422 g/mol. The van der Waals surface area contributed by atoms with Gasteiger partial charge in [0.05, 0.1) is 24.8 Å². The summed E-state index contributed by atoms with van der Waals surface area (Å²) in [5, 5.41) is 0. The Kier molecular flexibility index (Phi) is 7.96. The van der Waals surface area contributed by atoms with E-state index in [4.69, 9.17) is 16.0 Å². The molecule has 0 N–H and O–H groups in total. The largest absolute Gasteiger partial charge is 0.467 e. The first-order valence-corrected chi connectivity index (χ1v) is 10.5. The van der Waals surface area contributed by atoms with Crippen molar-refractivity contribution in [1.29, 1.82) is 0 Å². The molecule has 0 saturated heterocycles. The molecular formula is C22H32ClN3O3. The first kappa shape index (κ1) is 23.1. The minimum Gasteiger partial charge on any atom is -0.467 e. The van der Waals surface area contributed by atoms with Gasteiger partial charge >= 0.3 is 0 Å². The SMILES string of the molecule is CCC(C)N(CC(=O)N(Cc1ccco1)Cc1cccn1C)C(=O)C(C)(C)CCl. The Morgan fingerprint density at radius 1 is 1.24 bits per heavy atom. The first-order chi connectivity index (χ1) is 13.7. The highest BCUT2D eigenvalue weighted by Gasteiger charge is 2.35. The summed E-state index contributed by atoms with van der Waals surface area (Å²) in [7, 11) is 1.95. The van der Waals surface area contributed by atoms with Crippen molar-refractivity contribution in [3.63, 3.8) is 0 Å². The highest BCUT2D eigenvalue weighted by Crippen LogP contribution is 2.23. The Morgan fingerprint density at radius 3 is 2.48 bits per heavy atom. The van der Waals surface area contributed by atoms with Crippen molar-refractivity contribution in [3.05, 3.63) is 48.2 Å². The van der Waals surface area contributed by atoms with E-state index in [2.05, 4.69) is 0 Å². The maximum atomic E-state index is 13.3. The summed E-state index contributed by atoms with van der Waals surface area (Å²) < 4.78 is 7.44. The van der Waals surface area contributed by atoms with Crippen LogP contribution in [0.1, 0.15) is 45.6 Å². The minimum absolute atomic E-state index is 0.0132. The standard InChI is InChI=1S/C22H32ClN3O3/c1-6-17(2)26(21(28)22(3,4)16-23)15-20(27)25(14-19-10-8-12-29-19)13-18-9-7-11-24(18)5/h7-12,17H,6,13-16H2,1-5H3. The van der Waals surface area contributed by atoms with Crippen molar-refractivity contribution >= 4 is 23.4 Å². The Bertz CT molecular complexity index is 798. The van der Waals surface area contributed by atoms with Gasteiger partial charge in [-0.15, -0.1) is 11.6 Å². The average Bonchev–Trinajstić information content (AvgIpc) is 3.36. The maximum absolute atomic E-state index is 13.3. The van der Waals surface area contributed by atoms with Gasteiger partial charge in [-0.2, -0.15) is 0 Å². The fraction of sp³-hybridized carbons (Fsp3) is 0.545. The zero-order valence-corrected chi connectivity index (χ0v) is 18.8. The predicted molar refractivity (Wildman–Crippen MR) is 114 cm³/mol. The van der Waals surface area contributed by atoms with Gasteiger partial charge < -0.3 is 18.8 Å². The number of carbonyl (C=O) groups is 2. The fourth-order valence-electron chi connectivity index (χ4n) is 3.02. The summed E-state index contributed by atoms with van der Waals surface area (Å²) in [6, 6.07) is 7.52. The predicted octanol–water partition coefficient (Wildman–Crippen LogP) is 4.04. The summed E-state index contributed by atoms with van der Waals surface area (Å²) in [6.07, 6.45) is 4.30. The van der Waals surface area contributed by atoms with Crippen LogP contribution in [-0.2, 0) is 29.7 Å². The number of alkyl halides is 1. The highest BCUT2D eigenvalue weighted by atomic mass is 35.5. The van der Waals surface area contributed by atoms with E-state index in [1.54, 1.807) is 22.1 Å². The molecule has 29 heavy (non-hydrogen) atoms. The molecule has 2 amide bonds. The van der Waals surface area contributed by atoms with Gasteiger partial charge in [0.1, 0.15) is 12.3 Å². The smallest absolute Gasteiger partial charge is 0.242 e. The molecule has 160 valence electrons. The summed E-state index contributed by atoms with van der Waals surface area (Å²) in [6.45, 7) is 8.39. The number of halogens is 1. The van der Waals surface area contributed by atoms with Crippen molar-refractivity contribution < 1.29 is 14.0 Å². The zero-order valence-electron chi connectivity index (χ0n) is 18.0. The third-order valence-corrected chi connectivity index (χ3v) is 5.95. The summed E-state index contributed by atoms with van der Waals surface area (Å²) in [5.74, 6) is 0.676. The van der Waals surface area contributed by atoms with E-state index in [9.17, 15) is 9.59 Å². The van der Waals surface area contributed by atoms with E-state index in [1.807, 2.05) is 63.7 Å². The van der Waals surface area contributed by atoms with E-state index < -0.39 is 5.41 Å². The Hall–Kier alpha value is -2.21. The number of amides is 2. The van der Waals surface area contributed by atoms with Crippen LogP contribution in [0.5, 0.6) is 0 Å². The molecule has 0 aliphatic carbocycles. The van der Waals surface area contributed by atoms with Crippen LogP contribution >= 0.6 is 11.6 Å². The topological polar surface area (TPSA) is 58.7 Å². The van der Waals surface area contributed by atoms with E-state index in [-0.39, 0.29) is 30.3 Å². The molecule has 2 aromatic heterocycles. The van der Waals surface area contributed by atoms with Crippen LogP contribution in [0.25, 0.3) is 0 Å². The molecule has 0 aliphatic rings. The Labute approximate surface area is 178 Å². The van der Waals surface area contributed by atoms with Gasteiger partial charge in [-0.25, -0.2) is 0 Å². The minimum atomic E-state index is -0.727. The number of nitrogens with zero attached hydrogens (tertiary/aromatic N) is 3. The van der Waals surface area contributed by atoms with E-state index in [1.165, 1.54) is 0 Å². The number of hydrogen-bond acceptors (Lipinski definition) is 3. The van der Waals surface area contributed by atoms with Gasteiger partial charge in [-0.1, -0.05) is 6.92 Å². The maximum Gasteiger partial charge on any atom is 0.242 e. The number of carbonyl (C=O) groups excluding carboxylic acids is 2. The van der Waals surface area contributed by atoms with E-state index >= 15 is 0 Å². The van der Waals surface area contributed by atoms with Crippen molar-refractivity contribution in [2.75, 3.05) is 12.4 Å². The van der Waals surface area contributed by atoms with Crippen LogP contribution < -0.4 is 0 Å². The van der Waals surface area contributed by atoms with Crippen LogP contribution in [-0.4, -0.2) is 44.6 Å². The van der Waals surface area contributed by atoms with Crippen LogP contribution in [0.2, 0.25) is 0 Å². The van der Waals surface area contributed by atoms with E-state index in [0.717, 1.165) is 12.1 Å². The molecule has 1 unspecified atom stereocenters. The quantitative estimate of drug-likeness (QED) is 0.544. The van der Waals surface area contributed by atoms with Gasteiger partial charge in [0.2, 0.25) is 11.8 Å². The third-order valence-electron chi connectivity index (χ3n) is 5.29. The molecule has 0 saturated carbocycles. The molecule has 6 nitrogen and oxygen atoms in total. The van der Waals surface area contributed by atoms with Gasteiger partial charge in [0.15, 0.2) is 0 Å². The second kappa shape index (κ2) is 10.0. The number of furan rings is 1. The summed E-state index contributed by atoms with van der Waals surface area (Å²) in [5.41, 5.74) is 0.280. The molecule has 2 heterocycles. The van der Waals surface area contributed by atoms with Crippen molar-refractivity contribution in [3.8, 4) is 0 Å². The highest BCUT2D eigenvalue weighted by molar-refractivity contribution is 6.19. The molecule has 1 atom stereocenters. The fourth-order valence-corrected chi connectivity index (χ4v) is 3.13. The zero-order chi connectivity index (χ0) is 21.6. The molecule has 0 aromatic carbocycles. The lowest BCUT2D eigenvalue weighted by Crippen LogP contribution is -2.51. The molecule has 0 bridgehead atoms. The van der Waals surface area contributed by atoms with Crippen molar-refractivity contribution in [2.45, 2.75) is 53.2 Å². The lowest BCUT2D eigenvalue weighted by Gasteiger charge is -2.35. The van der Waals surface area contributed by atoms with Gasteiger partial charge in [-0.3, -0.25) is 9.59 Å². The Morgan fingerprint density at radius 2 is 1.97 bits per heavy atom. The van der Waals surface area contributed by atoms with Crippen LogP contribution in [0.4, 0.5) is 0 Å². The monoisotopic (exact) mass is 421 g/mol. The van der Waals surface area contributed by atoms with Crippen molar-refractivity contribution in [2.24, 2.45) is 12.5 Å². The lowest BCUT2D eigenvalue weighted by molar-refractivity contribution is -0.148. The van der Waals surface area contributed by atoms with E-state index in [0.29, 0.717) is 18.8 Å². The molecule has 7 heteroatoms. The molecule has 0 spiro atoms. The number of hydrogen-bond donors (Lipinski definition) is 0. The molecule has 0 aliphatic heterocycles. The normalized spacial score (nSPS) is 12.6. The first-order valence-electron chi connectivity index (χ1n) is 9.97. The van der Waals surface area contributed by atoms with Gasteiger partial charge in [-0.05, 0) is 51.5 Å². The summed E-state index contributed by atoms with van der Waals surface area (Å²) in [4.78, 5) is 29.8. The lowest BCUT2D eigenvalue weighted by atomic mass is 9.93. The molecule has 2 aromatic rings. The van der Waals surface area contributed by atoms with Crippen molar-refractivity contribution in [1.82, 2.24) is 14.4 Å². The Balaban J connectivity index is 2.24. The van der Waals surface area contributed by atoms with Crippen LogP contribution in [0.3, 0.4) is 0 Å². The molecule has 0 fully saturated rings. The van der Waals surface area contributed by atoms with Gasteiger partial charge in [0, 0.05) is 30.9 Å². The molecule has 0 radical (unpaired) electrons.